The fraction of sp³-hybridized carbons (Fsp3) is 0.807. The molecule has 4 amide bonds. The first-order chi connectivity index (χ1) is 38.4. The summed E-state index contributed by atoms with van der Waals surface area (Å²) in [5.41, 5.74) is 0. The minimum absolute atomic E-state index is 0.0803. The van der Waals surface area contributed by atoms with Gasteiger partial charge in [0.25, 0.3) is 0 Å². The highest BCUT2D eigenvalue weighted by Gasteiger charge is 2.27. The van der Waals surface area contributed by atoms with Crippen molar-refractivity contribution >= 4 is 64.9 Å². The van der Waals surface area contributed by atoms with E-state index in [1.54, 1.807) is 0 Å². The van der Waals surface area contributed by atoms with E-state index in [1.807, 2.05) is 13.8 Å². The molecule has 0 heterocycles. The average molecular weight is 1140 g/mol. The lowest BCUT2D eigenvalue weighted by Crippen LogP contribution is -2.41. The topological polar surface area (TPSA) is 354 Å². The van der Waals surface area contributed by atoms with E-state index in [2.05, 4.69) is 21.3 Å². The van der Waals surface area contributed by atoms with E-state index in [0.717, 1.165) is 83.5 Å². The lowest BCUT2D eigenvalue weighted by Gasteiger charge is -2.17. The Morgan fingerprint density at radius 1 is 0.375 bits per heavy atom. The third-order valence-corrected chi connectivity index (χ3v) is 13.4. The van der Waals surface area contributed by atoms with Gasteiger partial charge in [-0.15, -0.1) is 0 Å². The van der Waals surface area contributed by atoms with Crippen LogP contribution in [0.4, 0.5) is 0 Å². The molecule has 0 saturated carbocycles. The molecule has 0 aliphatic rings. The van der Waals surface area contributed by atoms with Gasteiger partial charge >= 0.3 is 23.9 Å². The number of ketones is 3. The number of carboxylic acids is 4. The molecule has 0 fully saturated rings. The summed E-state index contributed by atoms with van der Waals surface area (Å²) in [6.07, 6.45) is 16.8. The highest BCUT2D eigenvalue weighted by molar-refractivity contribution is 5.88. The number of ether oxygens (including phenoxy) is 4. The lowest BCUT2D eigenvalue weighted by atomic mass is 9.93. The van der Waals surface area contributed by atoms with Gasteiger partial charge < -0.3 is 60.6 Å². The predicted molar refractivity (Wildman–Crippen MR) is 296 cm³/mol. The number of hydrogen-bond acceptors (Lipinski definition) is 15. The van der Waals surface area contributed by atoms with Crippen molar-refractivity contribution in [1.82, 2.24) is 21.3 Å². The molecule has 0 aliphatic carbocycles. The molecule has 23 nitrogen and oxygen atoms in total. The first kappa shape index (κ1) is 74.6. The van der Waals surface area contributed by atoms with Crippen molar-refractivity contribution in [1.29, 1.82) is 0 Å². The standard InChI is InChI=1S/C57H98N4O19/c1-3-43(49(64)4-2)22-19-20-32-58-52(67)41-80-39-37-78-35-33-59-53(68)42-79-38-36-77-34-21-23-45(62)27-29-47(56(73)74)61-51(66)31-26-44(55(71)72)40-46(63)28-30-48(57(75)76)60-50(65)24-17-15-13-11-9-7-5-6-8-10-12-14-16-18-25-54(69)70/h43-44,47-48H,3-42H2,1-2H3,(H,58,67)(H,59,68)(H,60,65)(H,61,66)(H,69,70)(H,71,72)(H,73,74)(H,75,76)/t43-,44+,47-,48-/m0/s1. The van der Waals surface area contributed by atoms with Crippen LogP contribution in [0.25, 0.3) is 0 Å². The number of amides is 4. The van der Waals surface area contributed by atoms with Gasteiger partial charge in [0, 0.05) is 77.0 Å². The Hall–Kier alpha value is -5.39. The van der Waals surface area contributed by atoms with Crippen LogP contribution < -0.4 is 21.3 Å². The highest BCUT2D eigenvalue weighted by Crippen LogP contribution is 2.18. The zero-order valence-electron chi connectivity index (χ0n) is 48.0. The zero-order chi connectivity index (χ0) is 59.6. The Labute approximate surface area is 473 Å². The molecule has 460 valence electrons. The van der Waals surface area contributed by atoms with Crippen molar-refractivity contribution in [2.75, 3.05) is 65.9 Å². The molecule has 80 heavy (non-hydrogen) atoms. The molecule has 8 N–H and O–H groups in total. The van der Waals surface area contributed by atoms with Gasteiger partial charge in [-0.1, -0.05) is 97.3 Å². The Balaban J connectivity index is 4.14. The Bertz CT molecular complexity index is 1800. The number of aliphatic carboxylic acids is 4. The van der Waals surface area contributed by atoms with Crippen LogP contribution in [0, 0.1) is 11.8 Å². The average Bonchev–Trinajstić information content (AvgIpc) is 3.41. The maximum absolute atomic E-state index is 12.7. The van der Waals surface area contributed by atoms with Crippen molar-refractivity contribution in [3.05, 3.63) is 0 Å². The summed E-state index contributed by atoms with van der Waals surface area (Å²) < 4.78 is 21.4. The number of carboxylic acid groups (broad SMARTS) is 4. The first-order valence-corrected chi connectivity index (χ1v) is 29.3. The largest absolute Gasteiger partial charge is 0.481 e. The molecule has 0 aliphatic heterocycles. The van der Waals surface area contributed by atoms with Crippen LogP contribution in [-0.2, 0) is 71.7 Å². The zero-order valence-corrected chi connectivity index (χ0v) is 48.0. The monoisotopic (exact) mass is 1140 g/mol. The number of nitrogens with one attached hydrogen (secondary N) is 4. The normalized spacial score (nSPS) is 12.6. The minimum atomic E-state index is -1.42. The second-order valence-electron chi connectivity index (χ2n) is 20.2. The molecule has 0 aromatic heterocycles. The molecule has 0 aromatic rings. The molecule has 0 aromatic carbocycles. The van der Waals surface area contributed by atoms with Crippen LogP contribution >= 0.6 is 0 Å². The van der Waals surface area contributed by atoms with Gasteiger partial charge in [-0.05, 0) is 57.8 Å². The number of rotatable bonds is 58. The second kappa shape index (κ2) is 50.6. The van der Waals surface area contributed by atoms with Crippen LogP contribution in [0.2, 0.25) is 0 Å². The van der Waals surface area contributed by atoms with Gasteiger partial charge in [0.05, 0.1) is 39.0 Å². The molecule has 0 bridgehead atoms. The van der Waals surface area contributed by atoms with Crippen molar-refractivity contribution in [3.8, 4) is 0 Å². The van der Waals surface area contributed by atoms with Crippen LogP contribution in [-0.4, -0.2) is 163 Å². The second-order valence-corrected chi connectivity index (χ2v) is 20.2. The van der Waals surface area contributed by atoms with Gasteiger partial charge in [0.1, 0.15) is 42.6 Å². The number of unbranched alkanes of at least 4 members (excludes halogenated alkanes) is 14. The lowest BCUT2D eigenvalue weighted by molar-refractivity contribution is -0.145. The van der Waals surface area contributed by atoms with Gasteiger partial charge in [0.2, 0.25) is 23.6 Å². The Morgan fingerprint density at radius 2 is 0.838 bits per heavy atom. The van der Waals surface area contributed by atoms with E-state index in [-0.39, 0.29) is 140 Å². The first-order valence-electron chi connectivity index (χ1n) is 29.3. The molecule has 0 unspecified atom stereocenters. The van der Waals surface area contributed by atoms with E-state index < -0.39 is 72.3 Å². The third kappa shape index (κ3) is 45.4. The number of carbonyl (C=O) groups is 11. The highest BCUT2D eigenvalue weighted by atomic mass is 16.5. The van der Waals surface area contributed by atoms with Gasteiger partial charge in [-0.2, -0.15) is 0 Å². The van der Waals surface area contributed by atoms with Crippen molar-refractivity contribution in [2.45, 2.75) is 219 Å². The van der Waals surface area contributed by atoms with Crippen molar-refractivity contribution in [2.24, 2.45) is 11.8 Å². The summed E-state index contributed by atoms with van der Waals surface area (Å²) in [6, 6.07) is -2.77. The summed E-state index contributed by atoms with van der Waals surface area (Å²) in [5.74, 6) is -8.42. The summed E-state index contributed by atoms with van der Waals surface area (Å²) >= 11 is 0. The van der Waals surface area contributed by atoms with Gasteiger partial charge in [0.15, 0.2) is 0 Å². The van der Waals surface area contributed by atoms with E-state index in [0.29, 0.717) is 25.8 Å². The molecule has 0 saturated heterocycles. The fourth-order valence-corrected chi connectivity index (χ4v) is 8.59. The van der Waals surface area contributed by atoms with Crippen LogP contribution in [0.5, 0.6) is 0 Å². The Kier molecular flexibility index (Phi) is 47.2. The maximum Gasteiger partial charge on any atom is 0.326 e. The molecular formula is C57H98N4O19. The number of hydrogen-bond donors (Lipinski definition) is 8. The molecule has 23 heteroatoms. The fourth-order valence-electron chi connectivity index (χ4n) is 8.59. The summed E-state index contributed by atoms with van der Waals surface area (Å²) in [6.45, 7) is 5.50. The molecular weight excluding hydrogens is 1040 g/mol. The predicted octanol–water partition coefficient (Wildman–Crippen LogP) is 6.28. The van der Waals surface area contributed by atoms with Crippen LogP contribution in [0.1, 0.15) is 206 Å². The summed E-state index contributed by atoms with van der Waals surface area (Å²) in [5, 5.41) is 47.9. The summed E-state index contributed by atoms with van der Waals surface area (Å²) in [4.78, 5) is 132. The molecule has 0 spiro atoms. The van der Waals surface area contributed by atoms with E-state index >= 15 is 0 Å². The van der Waals surface area contributed by atoms with E-state index in [9.17, 15) is 68.1 Å². The maximum atomic E-state index is 12.7. The molecule has 4 atom stereocenters. The van der Waals surface area contributed by atoms with Crippen LogP contribution in [0.3, 0.4) is 0 Å². The quantitative estimate of drug-likeness (QED) is 0.0311. The Morgan fingerprint density at radius 3 is 1.32 bits per heavy atom. The van der Waals surface area contributed by atoms with Crippen molar-refractivity contribution in [3.63, 3.8) is 0 Å². The van der Waals surface area contributed by atoms with Gasteiger partial charge in [-0.3, -0.25) is 43.2 Å². The number of carbonyl (C=O) groups excluding carboxylic acids is 7. The summed E-state index contributed by atoms with van der Waals surface area (Å²) in [7, 11) is 0. The minimum Gasteiger partial charge on any atom is -0.481 e. The smallest absolute Gasteiger partial charge is 0.326 e. The number of Topliss-reactive ketones (excluding diaryl/α,β-unsaturated/α-hetero) is 3. The van der Waals surface area contributed by atoms with Crippen LogP contribution in [0.15, 0.2) is 0 Å². The molecule has 0 radical (unpaired) electrons. The molecule has 0 rings (SSSR count). The third-order valence-electron chi connectivity index (χ3n) is 13.4. The van der Waals surface area contributed by atoms with Crippen molar-refractivity contribution < 1.29 is 92.1 Å². The van der Waals surface area contributed by atoms with E-state index in [1.165, 1.54) is 25.7 Å². The SMILES string of the molecule is CCC(=O)[C@@H](CC)CCCCNC(=O)COCCOCCNC(=O)COCCOCCCC(=O)CC[C@H](NC(=O)CC[C@H](CC(=O)CC[C@H](NC(=O)CCCCCCCCCCCCCCCCC(=O)O)C(=O)O)C(=O)O)C(=O)O. The van der Waals surface area contributed by atoms with Gasteiger partial charge in [-0.25, -0.2) is 9.59 Å². The van der Waals surface area contributed by atoms with E-state index in [4.69, 9.17) is 24.1 Å².